The first-order valence-electron chi connectivity index (χ1n) is 5.48. The summed E-state index contributed by atoms with van der Waals surface area (Å²) in [6.45, 7) is 4.47. The summed E-state index contributed by atoms with van der Waals surface area (Å²) in [7, 11) is 0. The molecule has 0 aromatic carbocycles. The third-order valence-electron chi connectivity index (χ3n) is 2.38. The molecule has 0 unspecified atom stereocenters. The van der Waals surface area contributed by atoms with E-state index in [2.05, 4.69) is 20.5 Å². The monoisotopic (exact) mass is 225 g/mol. The van der Waals surface area contributed by atoms with Gasteiger partial charge in [0.25, 0.3) is 0 Å². The predicted molar refractivity (Wildman–Crippen MR) is 60.5 cm³/mol. The van der Waals surface area contributed by atoms with Gasteiger partial charge in [0.05, 0.1) is 6.04 Å². The first kappa shape index (κ1) is 12.6. The maximum Gasteiger partial charge on any atom is 0.237 e. The Morgan fingerprint density at radius 2 is 2.38 bits per heavy atom. The fraction of sp³-hybridized carbons (Fsp3) is 0.700. The normalized spacial score (nSPS) is 12.8. The van der Waals surface area contributed by atoms with E-state index < -0.39 is 6.04 Å². The van der Waals surface area contributed by atoms with E-state index in [1.807, 2.05) is 13.8 Å². The number of hydrogen-bond donors (Lipinski definition) is 3. The summed E-state index contributed by atoms with van der Waals surface area (Å²) >= 11 is 0. The molecule has 0 radical (unpaired) electrons. The smallest absolute Gasteiger partial charge is 0.237 e. The highest BCUT2D eigenvalue weighted by atomic mass is 16.2. The van der Waals surface area contributed by atoms with Gasteiger partial charge in [0.1, 0.15) is 12.2 Å². The second-order valence-electron chi connectivity index (χ2n) is 4.10. The molecule has 1 aromatic rings. The molecule has 0 saturated heterocycles. The lowest BCUT2D eigenvalue weighted by Crippen LogP contribution is -2.44. The van der Waals surface area contributed by atoms with Crippen molar-refractivity contribution in [2.75, 3.05) is 6.54 Å². The number of hydrogen-bond acceptors (Lipinski definition) is 4. The number of nitrogens with zero attached hydrogens (tertiary/aromatic N) is 2. The molecular formula is C10H19N5O. The van der Waals surface area contributed by atoms with Crippen LogP contribution in [0.5, 0.6) is 0 Å². The third-order valence-corrected chi connectivity index (χ3v) is 2.38. The zero-order valence-electron chi connectivity index (χ0n) is 9.73. The van der Waals surface area contributed by atoms with Crippen LogP contribution in [0.4, 0.5) is 0 Å². The zero-order chi connectivity index (χ0) is 12.0. The maximum atomic E-state index is 11.5. The van der Waals surface area contributed by atoms with E-state index >= 15 is 0 Å². The first-order chi connectivity index (χ1) is 7.61. The molecule has 0 bridgehead atoms. The summed E-state index contributed by atoms with van der Waals surface area (Å²) in [5.41, 5.74) is 5.70. The molecule has 4 N–H and O–H groups in total. The summed E-state index contributed by atoms with van der Waals surface area (Å²) < 4.78 is 0. The van der Waals surface area contributed by atoms with E-state index in [4.69, 9.17) is 5.73 Å². The van der Waals surface area contributed by atoms with Crippen molar-refractivity contribution in [3.05, 3.63) is 12.2 Å². The van der Waals surface area contributed by atoms with Crippen LogP contribution >= 0.6 is 0 Å². The Labute approximate surface area is 95.0 Å². The standard InChI is InChI=1S/C10H19N5O/c1-7(2)9(11)10(16)12-5-3-4-8-13-6-14-15-8/h6-7,9H,3-5,11H2,1-2H3,(H,12,16)(H,13,14,15)/t9-/m1/s1. The summed E-state index contributed by atoms with van der Waals surface area (Å²) in [6.07, 6.45) is 3.07. The Bertz CT molecular complexity index is 309. The van der Waals surface area contributed by atoms with Gasteiger partial charge >= 0.3 is 0 Å². The van der Waals surface area contributed by atoms with Gasteiger partial charge in [-0.25, -0.2) is 4.98 Å². The fourth-order valence-corrected chi connectivity index (χ4v) is 1.24. The van der Waals surface area contributed by atoms with Gasteiger partial charge in [-0.1, -0.05) is 13.8 Å². The van der Waals surface area contributed by atoms with Crippen LogP contribution in [0.3, 0.4) is 0 Å². The molecule has 1 atom stereocenters. The van der Waals surface area contributed by atoms with Crippen molar-refractivity contribution in [2.24, 2.45) is 11.7 Å². The van der Waals surface area contributed by atoms with Crippen LogP contribution in [0.2, 0.25) is 0 Å². The molecule has 6 nitrogen and oxygen atoms in total. The van der Waals surface area contributed by atoms with E-state index in [1.54, 1.807) is 0 Å². The molecule has 0 saturated carbocycles. The van der Waals surface area contributed by atoms with Gasteiger partial charge in [-0.05, 0) is 12.3 Å². The van der Waals surface area contributed by atoms with E-state index in [1.165, 1.54) is 6.33 Å². The van der Waals surface area contributed by atoms with Gasteiger partial charge in [0.2, 0.25) is 5.91 Å². The summed E-state index contributed by atoms with van der Waals surface area (Å²) in [5.74, 6) is 0.907. The minimum Gasteiger partial charge on any atom is -0.355 e. The topological polar surface area (TPSA) is 96.7 Å². The van der Waals surface area contributed by atoms with Gasteiger partial charge in [-0.3, -0.25) is 9.89 Å². The highest BCUT2D eigenvalue weighted by Gasteiger charge is 2.15. The van der Waals surface area contributed by atoms with Crippen molar-refractivity contribution in [2.45, 2.75) is 32.7 Å². The molecule has 1 aromatic heterocycles. The van der Waals surface area contributed by atoms with Crippen molar-refractivity contribution in [1.82, 2.24) is 20.5 Å². The lowest BCUT2D eigenvalue weighted by atomic mass is 10.1. The molecule has 90 valence electrons. The minimum absolute atomic E-state index is 0.0902. The molecule has 0 aliphatic carbocycles. The van der Waals surface area contributed by atoms with Crippen molar-refractivity contribution in [1.29, 1.82) is 0 Å². The minimum atomic E-state index is -0.426. The lowest BCUT2D eigenvalue weighted by molar-refractivity contribution is -0.123. The predicted octanol–water partition coefficient (Wildman–Crippen LogP) is -0.163. The first-order valence-corrected chi connectivity index (χ1v) is 5.48. The molecule has 1 amide bonds. The molecular weight excluding hydrogens is 206 g/mol. The number of aryl methyl sites for hydroxylation is 1. The third kappa shape index (κ3) is 3.98. The van der Waals surface area contributed by atoms with Crippen molar-refractivity contribution in [3.63, 3.8) is 0 Å². The molecule has 6 heteroatoms. The average Bonchev–Trinajstić information content (AvgIpc) is 2.75. The molecule has 0 spiro atoms. The number of carbonyl (C=O) groups excluding carboxylic acids is 1. The zero-order valence-corrected chi connectivity index (χ0v) is 9.73. The number of rotatable bonds is 6. The summed E-state index contributed by atoms with van der Waals surface area (Å²) in [4.78, 5) is 15.5. The molecule has 16 heavy (non-hydrogen) atoms. The summed E-state index contributed by atoms with van der Waals surface area (Å²) in [5, 5.41) is 9.31. The Kier molecular flexibility index (Phi) is 4.91. The van der Waals surface area contributed by atoms with Crippen LogP contribution < -0.4 is 11.1 Å². The highest BCUT2D eigenvalue weighted by Crippen LogP contribution is 1.98. The van der Waals surface area contributed by atoms with Gasteiger partial charge < -0.3 is 11.1 Å². The Morgan fingerprint density at radius 3 is 2.94 bits per heavy atom. The quantitative estimate of drug-likeness (QED) is 0.586. The molecule has 1 heterocycles. The average molecular weight is 225 g/mol. The molecule has 0 aliphatic rings. The number of carbonyl (C=O) groups is 1. The van der Waals surface area contributed by atoms with E-state index in [0.717, 1.165) is 18.7 Å². The number of nitrogens with two attached hydrogens (primary N) is 1. The van der Waals surface area contributed by atoms with E-state index in [0.29, 0.717) is 6.54 Å². The number of H-pyrrole nitrogens is 1. The fourth-order valence-electron chi connectivity index (χ4n) is 1.24. The van der Waals surface area contributed by atoms with E-state index in [9.17, 15) is 4.79 Å². The van der Waals surface area contributed by atoms with Gasteiger partial charge in [0.15, 0.2) is 0 Å². The Balaban J connectivity index is 2.13. The Morgan fingerprint density at radius 1 is 1.62 bits per heavy atom. The van der Waals surface area contributed by atoms with Crippen LogP contribution in [-0.4, -0.2) is 33.7 Å². The molecule has 0 aliphatic heterocycles. The molecule has 0 fully saturated rings. The number of nitrogens with one attached hydrogen (secondary N) is 2. The van der Waals surface area contributed by atoms with Crippen LogP contribution in [-0.2, 0) is 11.2 Å². The number of aromatic nitrogens is 3. The van der Waals surface area contributed by atoms with Crippen LogP contribution in [0, 0.1) is 5.92 Å². The SMILES string of the molecule is CC(C)[C@@H](N)C(=O)NCCCc1ncn[nH]1. The van der Waals surface area contributed by atoms with Gasteiger partial charge in [-0.2, -0.15) is 5.10 Å². The Hall–Kier alpha value is -1.43. The molecule has 1 rings (SSSR count). The lowest BCUT2D eigenvalue weighted by Gasteiger charge is -2.14. The highest BCUT2D eigenvalue weighted by molar-refractivity contribution is 5.81. The van der Waals surface area contributed by atoms with Crippen molar-refractivity contribution >= 4 is 5.91 Å². The van der Waals surface area contributed by atoms with Crippen molar-refractivity contribution in [3.8, 4) is 0 Å². The largest absolute Gasteiger partial charge is 0.355 e. The van der Waals surface area contributed by atoms with Crippen LogP contribution in [0.15, 0.2) is 6.33 Å². The second kappa shape index (κ2) is 6.22. The van der Waals surface area contributed by atoms with E-state index in [-0.39, 0.29) is 11.8 Å². The number of aromatic amines is 1. The number of amides is 1. The van der Waals surface area contributed by atoms with Crippen LogP contribution in [0.25, 0.3) is 0 Å². The van der Waals surface area contributed by atoms with Gasteiger partial charge in [-0.15, -0.1) is 0 Å². The van der Waals surface area contributed by atoms with Crippen LogP contribution in [0.1, 0.15) is 26.1 Å². The second-order valence-corrected chi connectivity index (χ2v) is 4.10. The maximum absolute atomic E-state index is 11.5. The van der Waals surface area contributed by atoms with Crippen molar-refractivity contribution < 1.29 is 4.79 Å². The van der Waals surface area contributed by atoms with Gasteiger partial charge in [0, 0.05) is 13.0 Å². The summed E-state index contributed by atoms with van der Waals surface area (Å²) in [6, 6.07) is -0.426.